The van der Waals surface area contributed by atoms with E-state index in [-0.39, 0.29) is 0 Å². The lowest BCUT2D eigenvalue weighted by Gasteiger charge is -2.34. The largest absolute Gasteiger partial charge is 0.356 e. The molecule has 0 radical (unpaired) electrons. The van der Waals surface area contributed by atoms with Crippen molar-refractivity contribution in [3.63, 3.8) is 0 Å². The van der Waals surface area contributed by atoms with Gasteiger partial charge < -0.3 is 20.4 Å². The van der Waals surface area contributed by atoms with E-state index in [0.29, 0.717) is 11.3 Å². The Morgan fingerprint density at radius 1 is 1.12 bits per heavy atom. The van der Waals surface area contributed by atoms with E-state index in [2.05, 4.69) is 46.3 Å². The van der Waals surface area contributed by atoms with Gasteiger partial charge in [0, 0.05) is 52.9 Å². The quantitative estimate of drug-likeness (QED) is 0.551. The topological polar surface area (TPSA) is 42.9 Å². The van der Waals surface area contributed by atoms with Crippen LogP contribution < -0.4 is 10.6 Å². The zero-order valence-corrected chi connectivity index (χ0v) is 16.4. The third-order valence-corrected chi connectivity index (χ3v) is 6.05. The van der Waals surface area contributed by atoms with Crippen LogP contribution in [-0.4, -0.2) is 75.7 Å². The average molecular weight is 338 g/mol. The van der Waals surface area contributed by atoms with Crippen molar-refractivity contribution in [3.8, 4) is 0 Å². The molecular weight excluding hydrogens is 298 g/mol. The molecule has 1 saturated carbocycles. The lowest BCUT2D eigenvalue weighted by Crippen LogP contribution is -2.48. The Kier molecular flexibility index (Phi) is 7.82. The van der Waals surface area contributed by atoms with E-state index in [1.54, 1.807) is 0 Å². The highest BCUT2D eigenvalue weighted by molar-refractivity contribution is 5.79. The molecule has 0 bridgehead atoms. The van der Waals surface area contributed by atoms with Crippen LogP contribution in [0.1, 0.15) is 46.0 Å². The van der Waals surface area contributed by atoms with Crippen LogP contribution in [-0.2, 0) is 0 Å². The maximum Gasteiger partial charge on any atom is 0.191 e. The number of nitrogens with one attached hydrogen (secondary N) is 2. The number of aliphatic imine (C=N–C) groups is 1. The van der Waals surface area contributed by atoms with Crippen LogP contribution >= 0.6 is 0 Å². The Labute approximate surface area is 149 Å². The van der Waals surface area contributed by atoms with Gasteiger partial charge in [0.05, 0.1) is 0 Å². The SMILES string of the molecule is CCC1(CNC(=NC)NCC(C)CN2CCN(C)CC2)CCCC1. The van der Waals surface area contributed by atoms with Crippen molar-refractivity contribution in [1.82, 2.24) is 20.4 Å². The molecule has 5 heteroatoms. The van der Waals surface area contributed by atoms with Gasteiger partial charge >= 0.3 is 0 Å². The average Bonchev–Trinajstić information content (AvgIpc) is 3.06. The highest BCUT2D eigenvalue weighted by Crippen LogP contribution is 2.40. The summed E-state index contributed by atoms with van der Waals surface area (Å²) in [7, 11) is 4.10. The second kappa shape index (κ2) is 9.62. The predicted molar refractivity (Wildman–Crippen MR) is 104 cm³/mol. The number of hydrogen-bond acceptors (Lipinski definition) is 3. The highest BCUT2D eigenvalue weighted by atomic mass is 15.2. The molecule has 0 amide bonds. The number of piperazine rings is 1. The minimum absolute atomic E-state index is 0.503. The van der Waals surface area contributed by atoms with Crippen molar-refractivity contribution in [2.24, 2.45) is 16.3 Å². The van der Waals surface area contributed by atoms with Crippen LogP contribution in [0.15, 0.2) is 4.99 Å². The molecule has 0 aromatic heterocycles. The minimum atomic E-state index is 0.503. The molecule has 0 spiro atoms. The summed E-state index contributed by atoms with van der Waals surface area (Å²) in [5.74, 6) is 1.61. The lowest BCUT2D eigenvalue weighted by atomic mass is 9.83. The summed E-state index contributed by atoms with van der Waals surface area (Å²) in [5.41, 5.74) is 0.503. The number of rotatable bonds is 7. The first-order valence-electron chi connectivity index (χ1n) is 9.92. The zero-order chi connectivity index (χ0) is 17.4. The van der Waals surface area contributed by atoms with Crippen molar-refractivity contribution in [2.45, 2.75) is 46.0 Å². The van der Waals surface area contributed by atoms with Gasteiger partial charge in [0.1, 0.15) is 0 Å². The van der Waals surface area contributed by atoms with Gasteiger partial charge in [0.25, 0.3) is 0 Å². The van der Waals surface area contributed by atoms with E-state index >= 15 is 0 Å². The van der Waals surface area contributed by atoms with E-state index in [1.165, 1.54) is 64.8 Å². The molecule has 1 aliphatic heterocycles. The van der Waals surface area contributed by atoms with Crippen LogP contribution in [0.2, 0.25) is 0 Å². The summed E-state index contributed by atoms with van der Waals surface area (Å²) >= 11 is 0. The zero-order valence-electron chi connectivity index (χ0n) is 16.4. The Bertz CT molecular complexity index is 381. The van der Waals surface area contributed by atoms with Crippen LogP contribution in [0.3, 0.4) is 0 Å². The fourth-order valence-corrected chi connectivity index (χ4v) is 4.08. The highest BCUT2D eigenvalue weighted by Gasteiger charge is 2.31. The Morgan fingerprint density at radius 2 is 1.79 bits per heavy atom. The van der Waals surface area contributed by atoms with Crippen molar-refractivity contribution in [2.75, 3.05) is 59.9 Å². The molecule has 1 atom stereocenters. The predicted octanol–water partition coefficient (Wildman–Crippen LogP) is 2.01. The molecule has 5 nitrogen and oxygen atoms in total. The van der Waals surface area contributed by atoms with E-state index in [9.17, 15) is 0 Å². The summed E-state index contributed by atoms with van der Waals surface area (Å²) in [5, 5.41) is 7.12. The first-order valence-corrected chi connectivity index (χ1v) is 9.92. The molecule has 2 N–H and O–H groups in total. The second-order valence-corrected chi connectivity index (χ2v) is 8.08. The first kappa shape index (κ1) is 19.5. The maximum atomic E-state index is 4.42. The van der Waals surface area contributed by atoms with Gasteiger partial charge in [-0.25, -0.2) is 0 Å². The van der Waals surface area contributed by atoms with Gasteiger partial charge in [-0.2, -0.15) is 0 Å². The van der Waals surface area contributed by atoms with Gasteiger partial charge in [-0.05, 0) is 37.6 Å². The molecule has 0 aromatic carbocycles. The standard InChI is InChI=1S/C19H39N5/c1-5-19(8-6-7-9-19)16-22-18(20-3)21-14-17(2)15-24-12-10-23(4)11-13-24/h17H,5-16H2,1-4H3,(H2,20,21,22). The van der Waals surface area contributed by atoms with Crippen molar-refractivity contribution in [3.05, 3.63) is 0 Å². The maximum absolute atomic E-state index is 4.42. The van der Waals surface area contributed by atoms with E-state index in [1.807, 2.05) is 7.05 Å². The molecule has 2 fully saturated rings. The lowest BCUT2D eigenvalue weighted by molar-refractivity contribution is 0.139. The third kappa shape index (κ3) is 5.92. The Morgan fingerprint density at radius 3 is 2.38 bits per heavy atom. The van der Waals surface area contributed by atoms with E-state index in [0.717, 1.165) is 19.0 Å². The molecular formula is C19H39N5. The van der Waals surface area contributed by atoms with Gasteiger partial charge in [-0.3, -0.25) is 4.99 Å². The Balaban J connectivity index is 1.67. The summed E-state index contributed by atoms with van der Waals surface area (Å²) < 4.78 is 0. The number of nitrogens with zero attached hydrogens (tertiary/aromatic N) is 3. The summed E-state index contributed by atoms with van der Waals surface area (Å²) in [6.07, 6.45) is 6.80. The molecule has 1 unspecified atom stereocenters. The van der Waals surface area contributed by atoms with Gasteiger partial charge in [-0.1, -0.05) is 26.7 Å². The molecule has 24 heavy (non-hydrogen) atoms. The number of likely N-dealkylation sites (N-methyl/N-ethyl adjacent to an activating group) is 1. The van der Waals surface area contributed by atoms with Crippen LogP contribution in [0.4, 0.5) is 0 Å². The van der Waals surface area contributed by atoms with Gasteiger partial charge in [0.15, 0.2) is 5.96 Å². The normalized spacial score (nSPS) is 24.1. The fraction of sp³-hybridized carbons (Fsp3) is 0.947. The second-order valence-electron chi connectivity index (χ2n) is 8.08. The van der Waals surface area contributed by atoms with Gasteiger partial charge in [0.2, 0.25) is 0 Å². The minimum Gasteiger partial charge on any atom is -0.356 e. The number of hydrogen-bond donors (Lipinski definition) is 2. The van der Waals surface area contributed by atoms with Crippen LogP contribution in [0, 0.1) is 11.3 Å². The first-order chi connectivity index (χ1) is 11.6. The fourth-order valence-electron chi connectivity index (χ4n) is 4.08. The van der Waals surface area contributed by atoms with Crippen LogP contribution in [0.25, 0.3) is 0 Å². The number of guanidine groups is 1. The summed E-state index contributed by atoms with van der Waals surface area (Å²) in [6.45, 7) is 12.7. The smallest absolute Gasteiger partial charge is 0.191 e. The van der Waals surface area contributed by atoms with Crippen molar-refractivity contribution >= 4 is 5.96 Å². The molecule has 2 aliphatic rings. The van der Waals surface area contributed by atoms with Crippen molar-refractivity contribution < 1.29 is 0 Å². The molecule has 1 heterocycles. The summed E-state index contributed by atoms with van der Waals surface area (Å²) in [6, 6.07) is 0. The van der Waals surface area contributed by atoms with Gasteiger partial charge in [-0.15, -0.1) is 0 Å². The molecule has 140 valence electrons. The van der Waals surface area contributed by atoms with Crippen LogP contribution in [0.5, 0.6) is 0 Å². The molecule has 2 rings (SSSR count). The third-order valence-electron chi connectivity index (χ3n) is 6.05. The summed E-state index contributed by atoms with van der Waals surface area (Å²) in [4.78, 5) is 9.42. The molecule has 0 aromatic rings. The monoisotopic (exact) mass is 337 g/mol. The van der Waals surface area contributed by atoms with E-state index < -0.39 is 0 Å². The molecule has 1 aliphatic carbocycles. The van der Waals surface area contributed by atoms with Crippen molar-refractivity contribution in [1.29, 1.82) is 0 Å². The Hall–Kier alpha value is -0.810. The molecule has 1 saturated heterocycles. The van der Waals surface area contributed by atoms with E-state index in [4.69, 9.17) is 0 Å².